The van der Waals surface area contributed by atoms with Crippen molar-refractivity contribution in [3.63, 3.8) is 0 Å². The van der Waals surface area contributed by atoms with Crippen molar-refractivity contribution in [2.24, 2.45) is 0 Å². The predicted molar refractivity (Wildman–Crippen MR) is 68.9 cm³/mol. The summed E-state index contributed by atoms with van der Waals surface area (Å²) in [6.45, 7) is 0. The monoisotopic (exact) mass is 242 g/mol. The lowest BCUT2D eigenvalue weighted by Gasteiger charge is -2.23. The Kier molecular flexibility index (Phi) is 2.63. The van der Waals surface area contributed by atoms with Gasteiger partial charge in [0.15, 0.2) is 0 Å². The standard InChI is InChI=1S/C14H14N2O2/c17-13-11-8-10(9-4-2-1-3-5-9)6-7-12(11)15-14(18)16-13/h1-5,10H,6-8H2,(H2,15,16,17,18). The molecule has 4 heteroatoms. The average Bonchev–Trinajstić information content (AvgIpc) is 2.39. The highest BCUT2D eigenvalue weighted by molar-refractivity contribution is 5.28. The number of fused-ring (bicyclic) bond motifs is 1. The topological polar surface area (TPSA) is 65.7 Å². The molecule has 92 valence electrons. The summed E-state index contributed by atoms with van der Waals surface area (Å²) in [7, 11) is 0. The fraction of sp³-hybridized carbons (Fsp3) is 0.286. The minimum absolute atomic E-state index is 0.241. The minimum atomic E-state index is -0.406. The number of hydrogen-bond acceptors (Lipinski definition) is 2. The molecule has 0 spiro atoms. The summed E-state index contributed by atoms with van der Waals surface area (Å²) < 4.78 is 0. The average molecular weight is 242 g/mol. The van der Waals surface area contributed by atoms with Crippen LogP contribution < -0.4 is 11.2 Å². The number of benzene rings is 1. The highest BCUT2D eigenvalue weighted by Crippen LogP contribution is 2.29. The van der Waals surface area contributed by atoms with Crippen LogP contribution in [-0.2, 0) is 12.8 Å². The van der Waals surface area contributed by atoms with E-state index in [1.165, 1.54) is 5.56 Å². The van der Waals surface area contributed by atoms with Gasteiger partial charge in [0.1, 0.15) is 0 Å². The van der Waals surface area contributed by atoms with Crippen LogP contribution in [0.1, 0.15) is 29.2 Å². The van der Waals surface area contributed by atoms with Crippen LogP contribution in [0.25, 0.3) is 0 Å². The Hall–Kier alpha value is -2.10. The lowest BCUT2D eigenvalue weighted by Crippen LogP contribution is -2.31. The summed E-state index contributed by atoms with van der Waals surface area (Å²) >= 11 is 0. The zero-order chi connectivity index (χ0) is 12.5. The highest BCUT2D eigenvalue weighted by atomic mass is 16.2. The molecule has 0 aliphatic heterocycles. The molecule has 0 saturated carbocycles. The van der Waals surface area contributed by atoms with Crippen LogP contribution in [0.4, 0.5) is 0 Å². The molecule has 3 rings (SSSR count). The van der Waals surface area contributed by atoms with Gasteiger partial charge in [0.25, 0.3) is 5.56 Å². The maximum Gasteiger partial charge on any atom is 0.325 e. The zero-order valence-corrected chi connectivity index (χ0v) is 9.90. The number of H-pyrrole nitrogens is 2. The summed E-state index contributed by atoms with van der Waals surface area (Å²) in [6.07, 6.45) is 2.43. The first-order valence-electron chi connectivity index (χ1n) is 6.13. The molecule has 2 N–H and O–H groups in total. The summed E-state index contributed by atoms with van der Waals surface area (Å²) in [5, 5.41) is 0. The van der Waals surface area contributed by atoms with Gasteiger partial charge < -0.3 is 4.98 Å². The fourth-order valence-corrected chi connectivity index (χ4v) is 2.67. The van der Waals surface area contributed by atoms with Gasteiger partial charge in [-0.25, -0.2) is 4.79 Å². The number of hydrogen-bond donors (Lipinski definition) is 2. The van der Waals surface area contributed by atoms with Gasteiger partial charge in [0, 0.05) is 11.3 Å². The van der Waals surface area contributed by atoms with E-state index >= 15 is 0 Å². The van der Waals surface area contributed by atoms with E-state index in [0.29, 0.717) is 12.3 Å². The van der Waals surface area contributed by atoms with Crippen molar-refractivity contribution in [3.8, 4) is 0 Å². The summed E-state index contributed by atoms with van der Waals surface area (Å²) in [6, 6.07) is 10.2. The van der Waals surface area contributed by atoms with Crippen molar-refractivity contribution in [1.82, 2.24) is 9.97 Å². The van der Waals surface area contributed by atoms with Gasteiger partial charge in [-0.1, -0.05) is 30.3 Å². The SMILES string of the molecule is O=c1[nH]c2c(c(=O)[nH]1)CC(c1ccccc1)CC2. The molecule has 4 nitrogen and oxygen atoms in total. The van der Waals surface area contributed by atoms with Crippen molar-refractivity contribution < 1.29 is 0 Å². The van der Waals surface area contributed by atoms with Crippen molar-refractivity contribution in [2.75, 3.05) is 0 Å². The lowest BCUT2D eigenvalue weighted by molar-refractivity contribution is 0.564. The Bertz CT molecular complexity index is 670. The number of aryl methyl sites for hydroxylation is 1. The van der Waals surface area contributed by atoms with Crippen LogP contribution in [0.3, 0.4) is 0 Å². The van der Waals surface area contributed by atoms with E-state index in [2.05, 4.69) is 22.1 Å². The second-order valence-corrected chi connectivity index (χ2v) is 4.72. The van der Waals surface area contributed by atoms with Gasteiger partial charge >= 0.3 is 5.69 Å². The van der Waals surface area contributed by atoms with E-state index in [0.717, 1.165) is 24.1 Å². The first kappa shape index (κ1) is 11.0. The molecule has 2 aromatic rings. The smallest absolute Gasteiger partial charge is 0.311 e. The molecular formula is C14H14N2O2. The third-order valence-corrected chi connectivity index (χ3v) is 3.59. The van der Waals surface area contributed by atoms with Crippen molar-refractivity contribution in [1.29, 1.82) is 0 Å². The lowest BCUT2D eigenvalue weighted by atomic mass is 9.82. The van der Waals surface area contributed by atoms with Crippen molar-refractivity contribution in [3.05, 3.63) is 68.0 Å². The van der Waals surface area contributed by atoms with E-state index in [-0.39, 0.29) is 5.56 Å². The molecular weight excluding hydrogens is 228 g/mol. The molecule has 0 fully saturated rings. The molecule has 0 amide bonds. The maximum absolute atomic E-state index is 11.8. The largest absolute Gasteiger partial charge is 0.325 e. The van der Waals surface area contributed by atoms with E-state index in [1.807, 2.05) is 18.2 Å². The molecule has 1 aromatic carbocycles. The van der Waals surface area contributed by atoms with Gasteiger partial charge in [0.05, 0.1) is 0 Å². The van der Waals surface area contributed by atoms with Gasteiger partial charge in [-0.2, -0.15) is 0 Å². The normalized spacial score (nSPS) is 18.3. The van der Waals surface area contributed by atoms with Crippen LogP contribution in [-0.4, -0.2) is 9.97 Å². The second kappa shape index (κ2) is 4.29. The van der Waals surface area contributed by atoms with Crippen LogP contribution in [0.5, 0.6) is 0 Å². The quantitative estimate of drug-likeness (QED) is 0.792. The van der Waals surface area contributed by atoms with Crippen LogP contribution in [0.15, 0.2) is 39.9 Å². The van der Waals surface area contributed by atoms with Crippen molar-refractivity contribution >= 4 is 0 Å². The maximum atomic E-state index is 11.8. The Morgan fingerprint density at radius 3 is 2.61 bits per heavy atom. The third-order valence-electron chi connectivity index (χ3n) is 3.59. The minimum Gasteiger partial charge on any atom is -0.311 e. The molecule has 1 unspecified atom stereocenters. The highest BCUT2D eigenvalue weighted by Gasteiger charge is 2.22. The van der Waals surface area contributed by atoms with Crippen LogP contribution in [0.2, 0.25) is 0 Å². The predicted octanol–water partition coefficient (Wildman–Crippen LogP) is 1.34. The number of aromatic nitrogens is 2. The number of aromatic amines is 2. The number of nitrogens with one attached hydrogen (secondary N) is 2. The Morgan fingerprint density at radius 1 is 1.06 bits per heavy atom. The summed E-state index contributed by atoms with van der Waals surface area (Å²) in [4.78, 5) is 28.0. The fourth-order valence-electron chi connectivity index (χ4n) is 2.67. The molecule has 1 atom stereocenters. The first-order chi connectivity index (χ1) is 8.74. The molecule has 0 radical (unpaired) electrons. The van der Waals surface area contributed by atoms with Gasteiger partial charge in [-0.15, -0.1) is 0 Å². The second-order valence-electron chi connectivity index (χ2n) is 4.72. The van der Waals surface area contributed by atoms with E-state index in [1.54, 1.807) is 0 Å². The first-order valence-corrected chi connectivity index (χ1v) is 6.13. The summed E-state index contributed by atoms with van der Waals surface area (Å²) in [5.74, 6) is 0.366. The Balaban J connectivity index is 1.99. The molecule has 1 aliphatic carbocycles. The van der Waals surface area contributed by atoms with Crippen molar-refractivity contribution in [2.45, 2.75) is 25.2 Å². The third kappa shape index (κ3) is 1.90. The van der Waals surface area contributed by atoms with E-state index in [4.69, 9.17) is 0 Å². The van der Waals surface area contributed by atoms with E-state index in [9.17, 15) is 9.59 Å². The molecule has 0 saturated heterocycles. The summed E-state index contributed by atoms with van der Waals surface area (Å²) in [5.41, 5.74) is 2.14. The Labute approximate surface area is 104 Å². The zero-order valence-electron chi connectivity index (χ0n) is 9.90. The van der Waals surface area contributed by atoms with E-state index < -0.39 is 5.69 Å². The van der Waals surface area contributed by atoms with Gasteiger partial charge in [0.2, 0.25) is 0 Å². The number of rotatable bonds is 1. The van der Waals surface area contributed by atoms with Crippen LogP contribution >= 0.6 is 0 Å². The van der Waals surface area contributed by atoms with Gasteiger partial charge in [-0.3, -0.25) is 9.78 Å². The molecule has 0 bridgehead atoms. The molecule has 1 aromatic heterocycles. The molecule has 1 aliphatic rings. The molecule has 1 heterocycles. The Morgan fingerprint density at radius 2 is 1.83 bits per heavy atom. The molecule has 18 heavy (non-hydrogen) atoms. The van der Waals surface area contributed by atoms with Gasteiger partial charge in [-0.05, 0) is 30.7 Å². The van der Waals surface area contributed by atoms with Crippen LogP contribution in [0, 0.1) is 0 Å².